The van der Waals surface area contributed by atoms with Crippen LogP contribution in [0, 0.1) is 5.41 Å². The minimum absolute atomic E-state index is 0. The normalized spacial score (nSPS) is 16.6. The highest BCUT2D eigenvalue weighted by Crippen LogP contribution is 2.39. The van der Waals surface area contributed by atoms with Crippen molar-refractivity contribution in [3.05, 3.63) is 30.1 Å². The van der Waals surface area contributed by atoms with Gasteiger partial charge in [0.1, 0.15) is 5.82 Å². The molecule has 1 heterocycles. The number of nitrogens with one attached hydrogen (secondary N) is 3. The Labute approximate surface area is 185 Å². The number of imidazole rings is 1. The average molecular weight is 499 g/mol. The summed E-state index contributed by atoms with van der Waals surface area (Å²) in [5.41, 5.74) is 2.27. The molecule has 0 saturated heterocycles. The van der Waals surface area contributed by atoms with Crippen LogP contribution in [0.1, 0.15) is 51.3 Å². The third-order valence-corrected chi connectivity index (χ3v) is 5.57. The van der Waals surface area contributed by atoms with Crippen LogP contribution in [0.5, 0.6) is 0 Å². The molecule has 1 aliphatic rings. The van der Waals surface area contributed by atoms with Gasteiger partial charge < -0.3 is 20.7 Å². The lowest BCUT2D eigenvalue weighted by Gasteiger charge is -2.35. The van der Waals surface area contributed by atoms with Gasteiger partial charge in [0.15, 0.2) is 5.96 Å². The molecule has 6 nitrogen and oxygen atoms in total. The van der Waals surface area contributed by atoms with E-state index in [-0.39, 0.29) is 36.0 Å². The maximum Gasteiger partial charge on any atom is 0.191 e. The number of aromatic nitrogens is 2. The van der Waals surface area contributed by atoms with Crippen LogP contribution in [0.3, 0.4) is 0 Å². The van der Waals surface area contributed by atoms with E-state index in [1.807, 2.05) is 18.2 Å². The van der Waals surface area contributed by atoms with Crippen molar-refractivity contribution in [2.45, 2.75) is 51.9 Å². The van der Waals surface area contributed by atoms with Crippen molar-refractivity contribution in [2.24, 2.45) is 10.4 Å². The van der Waals surface area contributed by atoms with Crippen molar-refractivity contribution in [1.82, 2.24) is 20.6 Å². The van der Waals surface area contributed by atoms with Crippen LogP contribution < -0.4 is 10.6 Å². The Hall–Kier alpha value is -1.35. The molecule has 0 amide bonds. The molecule has 2 aromatic rings. The highest BCUT2D eigenvalue weighted by atomic mass is 127. The lowest BCUT2D eigenvalue weighted by molar-refractivity contribution is 0.137. The summed E-state index contributed by atoms with van der Waals surface area (Å²) < 4.78 is 0. The van der Waals surface area contributed by atoms with Gasteiger partial charge in [-0.3, -0.25) is 4.99 Å². The Morgan fingerprint density at radius 2 is 2.00 bits per heavy atom. The first-order valence-electron chi connectivity index (χ1n) is 10.3. The molecule has 1 aliphatic carbocycles. The number of hydrogen-bond acceptors (Lipinski definition) is 3. The van der Waals surface area contributed by atoms with Gasteiger partial charge in [0.25, 0.3) is 0 Å². The molecule has 0 aliphatic heterocycles. The van der Waals surface area contributed by atoms with Gasteiger partial charge in [-0.1, -0.05) is 31.4 Å². The lowest BCUT2D eigenvalue weighted by atomic mass is 9.72. The van der Waals surface area contributed by atoms with Crippen LogP contribution in [0.15, 0.2) is 29.3 Å². The van der Waals surface area contributed by atoms with Crippen molar-refractivity contribution in [2.75, 3.05) is 26.2 Å². The number of hydrogen-bond donors (Lipinski definition) is 4. The number of H-pyrrole nitrogens is 1. The van der Waals surface area contributed by atoms with Gasteiger partial charge in [-0.2, -0.15) is 0 Å². The molecule has 0 bridgehead atoms. The summed E-state index contributed by atoms with van der Waals surface area (Å²) in [5, 5.41) is 16.3. The summed E-state index contributed by atoms with van der Waals surface area (Å²) in [5.74, 6) is 1.85. The number of benzene rings is 1. The molecule has 28 heavy (non-hydrogen) atoms. The third-order valence-electron chi connectivity index (χ3n) is 5.57. The van der Waals surface area contributed by atoms with E-state index in [9.17, 15) is 5.11 Å². The maximum atomic E-state index is 9.49. The number of nitrogens with zero attached hydrogens (tertiary/aromatic N) is 2. The summed E-state index contributed by atoms with van der Waals surface area (Å²) in [6, 6.07) is 8.11. The van der Waals surface area contributed by atoms with E-state index in [1.165, 1.54) is 32.1 Å². The number of aromatic amines is 1. The fourth-order valence-corrected chi connectivity index (χ4v) is 4.04. The number of aliphatic hydroxyl groups is 1. The topological polar surface area (TPSA) is 85.3 Å². The second-order valence-electron chi connectivity index (χ2n) is 7.61. The van der Waals surface area contributed by atoms with Crippen LogP contribution in [0.25, 0.3) is 11.0 Å². The van der Waals surface area contributed by atoms with E-state index in [4.69, 9.17) is 4.99 Å². The van der Waals surface area contributed by atoms with E-state index in [2.05, 4.69) is 33.6 Å². The predicted molar refractivity (Wildman–Crippen MR) is 126 cm³/mol. The fourth-order valence-electron chi connectivity index (χ4n) is 4.04. The minimum Gasteiger partial charge on any atom is -0.396 e. The highest BCUT2D eigenvalue weighted by Gasteiger charge is 2.31. The van der Waals surface area contributed by atoms with Crippen molar-refractivity contribution < 1.29 is 5.11 Å². The van der Waals surface area contributed by atoms with Crippen LogP contribution in [0.2, 0.25) is 0 Å². The fraction of sp³-hybridized carbons (Fsp3) is 0.619. The lowest BCUT2D eigenvalue weighted by Crippen LogP contribution is -2.40. The predicted octanol–water partition coefficient (Wildman–Crippen LogP) is 3.61. The van der Waals surface area contributed by atoms with Gasteiger partial charge in [0.2, 0.25) is 0 Å². The summed E-state index contributed by atoms with van der Waals surface area (Å²) in [4.78, 5) is 12.8. The largest absolute Gasteiger partial charge is 0.396 e. The molecule has 3 rings (SSSR count). The van der Waals surface area contributed by atoms with Gasteiger partial charge in [-0.05, 0) is 43.7 Å². The quantitative estimate of drug-likeness (QED) is 0.254. The molecule has 1 aromatic heterocycles. The van der Waals surface area contributed by atoms with Gasteiger partial charge in [0, 0.05) is 32.7 Å². The zero-order chi connectivity index (χ0) is 19.0. The van der Waals surface area contributed by atoms with Crippen molar-refractivity contribution >= 4 is 41.0 Å². The second kappa shape index (κ2) is 11.6. The molecule has 1 aromatic carbocycles. The van der Waals surface area contributed by atoms with E-state index >= 15 is 0 Å². The monoisotopic (exact) mass is 499 g/mol. The number of aliphatic hydroxyl groups excluding tert-OH is 1. The summed E-state index contributed by atoms with van der Waals surface area (Å²) in [7, 11) is 0. The summed E-state index contributed by atoms with van der Waals surface area (Å²) in [6.45, 7) is 4.74. The van der Waals surface area contributed by atoms with Crippen LogP contribution in [-0.4, -0.2) is 47.3 Å². The van der Waals surface area contributed by atoms with Crippen LogP contribution in [-0.2, 0) is 6.42 Å². The third kappa shape index (κ3) is 6.34. The van der Waals surface area contributed by atoms with Crippen LogP contribution >= 0.6 is 24.0 Å². The van der Waals surface area contributed by atoms with E-state index in [1.54, 1.807) is 0 Å². The highest BCUT2D eigenvalue weighted by molar-refractivity contribution is 14.0. The van der Waals surface area contributed by atoms with E-state index in [0.29, 0.717) is 0 Å². The molecule has 156 valence electrons. The standard InChI is InChI=1S/C21H33N5O.HI/c1-2-22-20(24-16-21(13-15-27)11-6-3-7-12-21)23-14-10-19-25-17-8-4-5-9-18(17)26-19;/h4-5,8-9,27H,2-3,6-7,10-16H2,1H3,(H,25,26)(H2,22,23,24);1H. The Bertz CT molecular complexity index is 701. The molecule has 0 atom stereocenters. The van der Waals surface area contributed by atoms with Gasteiger partial charge in [-0.25, -0.2) is 4.98 Å². The number of aliphatic imine (C=N–C) groups is 1. The first-order chi connectivity index (χ1) is 13.2. The Morgan fingerprint density at radius 3 is 2.71 bits per heavy atom. The minimum atomic E-state index is 0. The molecule has 7 heteroatoms. The second-order valence-corrected chi connectivity index (χ2v) is 7.61. The average Bonchev–Trinajstić information content (AvgIpc) is 3.10. The molecule has 0 spiro atoms. The first kappa shape index (κ1) is 22.9. The van der Waals surface area contributed by atoms with Gasteiger partial charge in [-0.15, -0.1) is 24.0 Å². The molecular formula is C21H34IN5O. The molecule has 1 fully saturated rings. The first-order valence-corrected chi connectivity index (χ1v) is 10.3. The molecule has 4 N–H and O–H groups in total. The van der Waals surface area contributed by atoms with Gasteiger partial charge in [0.05, 0.1) is 11.0 Å². The number of fused-ring (bicyclic) bond motifs is 1. The van der Waals surface area contributed by atoms with E-state index < -0.39 is 0 Å². The van der Waals surface area contributed by atoms with Crippen molar-refractivity contribution in [1.29, 1.82) is 0 Å². The molecule has 0 radical (unpaired) electrons. The van der Waals surface area contributed by atoms with E-state index in [0.717, 1.165) is 55.3 Å². The zero-order valence-electron chi connectivity index (χ0n) is 16.8. The van der Waals surface area contributed by atoms with Crippen LogP contribution in [0.4, 0.5) is 0 Å². The Balaban J connectivity index is 0.00000280. The number of guanidine groups is 1. The zero-order valence-corrected chi connectivity index (χ0v) is 19.2. The summed E-state index contributed by atoms with van der Waals surface area (Å²) in [6.07, 6.45) is 7.85. The SMILES string of the molecule is CCNC(=NCC1(CCO)CCCCC1)NCCc1nc2ccccc2[nH]1.I. The number of rotatable bonds is 8. The smallest absolute Gasteiger partial charge is 0.191 e. The maximum absolute atomic E-state index is 9.49. The number of para-hydroxylation sites is 2. The summed E-state index contributed by atoms with van der Waals surface area (Å²) >= 11 is 0. The molecule has 0 unspecified atom stereocenters. The molecule has 1 saturated carbocycles. The van der Waals surface area contributed by atoms with Crippen molar-refractivity contribution in [3.63, 3.8) is 0 Å². The Kier molecular flexibility index (Phi) is 9.50. The Morgan fingerprint density at radius 1 is 1.21 bits per heavy atom. The van der Waals surface area contributed by atoms with Crippen molar-refractivity contribution in [3.8, 4) is 0 Å². The molecular weight excluding hydrogens is 465 g/mol. The van der Waals surface area contributed by atoms with Gasteiger partial charge >= 0.3 is 0 Å². The number of halogens is 1.